The van der Waals surface area contributed by atoms with Crippen molar-refractivity contribution in [2.45, 2.75) is 0 Å². The summed E-state index contributed by atoms with van der Waals surface area (Å²) in [6, 6.07) is 6.00. The molecule has 0 aliphatic rings. The first-order chi connectivity index (χ1) is 8.06. The second kappa shape index (κ2) is 5.08. The van der Waals surface area contributed by atoms with E-state index in [9.17, 15) is 4.39 Å². The zero-order valence-electron chi connectivity index (χ0n) is 8.35. The minimum Gasteiger partial charge on any atom is -0.337 e. The maximum Gasteiger partial charge on any atom is 0.167 e. The van der Waals surface area contributed by atoms with Crippen molar-refractivity contribution in [3.8, 4) is 0 Å². The number of halogens is 4. The van der Waals surface area contributed by atoms with E-state index in [0.29, 0.717) is 15.7 Å². The summed E-state index contributed by atoms with van der Waals surface area (Å²) in [4.78, 5) is 3.83. The van der Waals surface area contributed by atoms with Gasteiger partial charge in [-0.05, 0) is 24.3 Å². The second-order valence-electron chi connectivity index (χ2n) is 3.23. The van der Waals surface area contributed by atoms with E-state index in [2.05, 4.69) is 10.3 Å². The first-order valence-electron chi connectivity index (χ1n) is 4.59. The lowest BCUT2D eigenvalue weighted by Gasteiger charge is -2.08. The van der Waals surface area contributed by atoms with E-state index in [4.69, 9.17) is 34.8 Å². The number of benzene rings is 1. The van der Waals surface area contributed by atoms with E-state index in [0.717, 1.165) is 0 Å². The lowest BCUT2D eigenvalue weighted by molar-refractivity contribution is 0.626. The quantitative estimate of drug-likeness (QED) is 0.849. The minimum atomic E-state index is -0.552. The van der Waals surface area contributed by atoms with Crippen LogP contribution in [0.4, 0.5) is 15.9 Å². The summed E-state index contributed by atoms with van der Waals surface area (Å²) in [5, 5.41) is 3.88. The summed E-state index contributed by atoms with van der Waals surface area (Å²) < 4.78 is 13.5. The fourth-order valence-electron chi connectivity index (χ4n) is 1.22. The molecule has 0 bridgehead atoms. The van der Waals surface area contributed by atoms with Crippen LogP contribution in [0.5, 0.6) is 0 Å². The van der Waals surface area contributed by atoms with Crippen molar-refractivity contribution in [2.24, 2.45) is 0 Å². The highest BCUT2D eigenvalue weighted by Crippen LogP contribution is 2.28. The molecule has 1 N–H and O–H groups in total. The zero-order chi connectivity index (χ0) is 12.4. The van der Waals surface area contributed by atoms with Crippen molar-refractivity contribution in [2.75, 3.05) is 5.32 Å². The molecule has 1 aromatic heterocycles. The van der Waals surface area contributed by atoms with Crippen LogP contribution < -0.4 is 5.32 Å². The number of hydrogen-bond acceptors (Lipinski definition) is 2. The summed E-state index contributed by atoms with van der Waals surface area (Å²) in [7, 11) is 0. The minimum absolute atomic E-state index is 0.0543. The summed E-state index contributed by atoms with van der Waals surface area (Å²) in [6.45, 7) is 0. The number of rotatable bonds is 2. The Kier molecular flexibility index (Phi) is 3.72. The Bertz CT molecular complexity index is 511. The van der Waals surface area contributed by atoms with Gasteiger partial charge in [0.25, 0.3) is 0 Å². The van der Waals surface area contributed by atoms with E-state index in [1.807, 2.05) is 0 Å². The van der Waals surface area contributed by atoms with Gasteiger partial charge >= 0.3 is 0 Å². The molecule has 0 aliphatic heterocycles. The fourth-order valence-corrected chi connectivity index (χ4v) is 1.83. The number of aromatic nitrogens is 1. The molecule has 0 spiro atoms. The first kappa shape index (κ1) is 12.4. The van der Waals surface area contributed by atoms with E-state index in [1.165, 1.54) is 12.3 Å². The molecule has 0 unspecified atom stereocenters. The predicted octanol–water partition coefficient (Wildman–Crippen LogP) is 4.92. The van der Waals surface area contributed by atoms with Crippen LogP contribution in [0.1, 0.15) is 0 Å². The van der Waals surface area contributed by atoms with Crippen molar-refractivity contribution in [3.63, 3.8) is 0 Å². The molecular weight excluding hydrogens is 285 g/mol. The average Bonchev–Trinajstić information content (AvgIpc) is 2.25. The van der Waals surface area contributed by atoms with E-state index in [-0.39, 0.29) is 10.8 Å². The van der Waals surface area contributed by atoms with Crippen LogP contribution in [0.2, 0.25) is 15.1 Å². The molecular formula is C11H6Cl3FN2. The van der Waals surface area contributed by atoms with Gasteiger partial charge < -0.3 is 5.32 Å². The van der Waals surface area contributed by atoms with E-state index < -0.39 is 5.82 Å². The summed E-state index contributed by atoms with van der Waals surface area (Å²) in [6.07, 6.45) is 1.34. The Hall–Kier alpha value is -1.03. The highest BCUT2D eigenvalue weighted by Gasteiger charge is 2.07. The molecule has 0 aliphatic carbocycles. The maximum absolute atomic E-state index is 13.5. The SMILES string of the molecule is Fc1cc(Cl)cnc1Nc1ccc(Cl)cc1Cl. The van der Waals surface area contributed by atoms with Gasteiger partial charge in [-0.2, -0.15) is 0 Å². The molecule has 88 valence electrons. The Labute approximate surface area is 112 Å². The lowest BCUT2D eigenvalue weighted by Crippen LogP contribution is -1.97. The maximum atomic E-state index is 13.5. The van der Waals surface area contributed by atoms with Crippen molar-refractivity contribution in [1.82, 2.24) is 4.98 Å². The van der Waals surface area contributed by atoms with Gasteiger partial charge in [-0.3, -0.25) is 0 Å². The molecule has 0 fully saturated rings. The van der Waals surface area contributed by atoms with Gasteiger partial charge in [0.2, 0.25) is 0 Å². The zero-order valence-corrected chi connectivity index (χ0v) is 10.6. The Morgan fingerprint density at radius 3 is 2.47 bits per heavy atom. The smallest absolute Gasteiger partial charge is 0.167 e. The summed E-state index contributed by atoms with van der Waals surface area (Å²) in [5.41, 5.74) is 0.518. The van der Waals surface area contributed by atoms with Crippen LogP contribution in [-0.2, 0) is 0 Å². The van der Waals surface area contributed by atoms with Crippen molar-refractivity contribution in [1.29, 1.82) is 0 Å². The molecule has 0 amide bonds. The largest absolute Gasteiger partial charge is 0.337 e. The van der Waals surface area contributed by atoms with Crippen LogP contribution in [-0.4, -0.2) is 4.98 Å². The lowest BCUT2D eigenvalue weighted by atomic mass is 10.3. The molecule has 1 aromatic carbocycles. The monoisotopic (exact) mass is 290 g/mol. The normalized spacial score (nSPS) is 10.4. The number of nitrogens with one attached hydrogen (secondary N) is 1. The average molecular weight is 292 g/mol. The van der Waals surface area contributed by atoms with Gasteiger partial charge in [0.1, 0.15) is 0 Å². The van der Waals surface area contributed by atoms with Crippen LogP contribution in [0, 0.1) is 5.82 Å². The second-order valence-corrected chi connectivity index (χ2v) is 4.51. The number of nitrogens with zero attached hydrogens (tertiary/aromatic N) is 1. The molecule has 2 nitrogen and oxygen atoms in total. The van der Waals surface area contributed by atoms with Crippen LogP contribution in [0.25, 0.3) is 0 Å². The fraction of sp³-hybridized carbons (Fsp3) is 0. The Morgan fingerprint density at radius 2 is 1.82 bits per heavy atom. The van der Waals surface area contributed by atoms with Gasteiger partial charge in [0.15, 0.2) is 11.6 Å². The van der Waals surface area contributed by atoms with Crippen molar-refractivity contribution >= 4 is 46.3 Å². The number of anilines is 2. The molecule has 2 aromatic rings. The molecule has 0 saturated heterocycles. The van der Waals surface area contributed by atoms with Gasteiger partial charge in [-0.1, -0.05) is 34.8 Å². The standard InChI is InChI=1S/C11H6Cl3FN2/c12-6-1-2-10(8(14)3-6)17-11-9(15)4-7(13)5-16-11/h1-5H,(H,16,17). The van der Waals surface area contributed by atoms with Crippen LogP contribution in [0.3, 0.4) is 0 Å². The molecule has 0 saturated carbocycles. The summed E-state index contributed by atoms with van der Waals surface area (Å²) >= 11 is 17.3. The van der Waals surface area contributed by atoms with Gasteiger partial charge in [0.05, 0.1) is 15.7 Å². The predicted molar refractivity (Wildman–Crippen MR) is 68.9 cm³/mol. The molecule has 0 atom stereocenters. The van der Waals surface area contributed by atoms with E-state index in [1.54, 1.807) is 18.2 Å². The van der Waals surface area contributed by atoms with Gasteiger partial charge in [-0.15, -0.1) is 0 Å². The Morgan fingerprint density at radius 1 is 1.06 bits per heavy atom. The van der Waals surface area contributed by atoms with Crippen molar-refractivity contribution < 1.29 is 4.39 Å². The third-order valence-corrected chi connectivity index (χ3v) is 2.75. The highest BCUT2D eigenvalue weighted by atomic mass is 35.5. The molecule has 0 radical (unpaired) electrons. The van der Waals surface area contributed by atoms with Crippen LogP contribution in [0.15, 0.2) is 30.5 Å². The van der Waals surface area contributed by atoms with Crippen molar-refractivity contribution in [3.05, 3.63) is 51.3 Å². The third-order valence-electron chi connectivity index (χ3n) is 1.99. The number of pyridine rings is 1. The van der Waals surface area contributed by atoms with E-state index >= 15 is 0 Å². The third kappa shape index (κ3) is 3.00. The highest BCUT2D eigenvalue weighted by molar-refractivity contribution is 6.36. The molecule has 1 heterocycles. The molecule has 6 heteroatoms. The van der Waals surface area contributed by atoms with Gasteiger partial charge in [-0.25, -0.2) is 9.37 Å². The molecule has 2 rings (SSSR count). The van der Waals surface area contributed by atoms with Gasteiger partial charge in [0, 0.05) is 11.2 Å². The summed E-state index contributed by atoms with van der Waals surface area (Å²) in [5.74, 6) is -0.498. The topological polar surface area (TPSA) is 24.9 Å². The number of hydrogen-bond donors (Lipinski definition) is 1. The molecule has 17 heavy (non-hydrogen) atoms. The first-order valence-corrected chi connectivity index (χ1v) is 5.73. The Balaban J connectivity index is 2.31. The van der Waals surface area contributed by atoms with Crippen LogP contribution >= 0.6 is 34.8 Å².